The summed E-state index contributed by atoms with van der Waals surface area (Å²) in [4.78, 5) is 15.4. The van der Waals surface area contributed by atoms with Crippen molar-refractivity contribution in [3.63, 3.8) is 0 Å². The average molecular weight is 341 g/mol. The van der Waals surface area contributed by atoms with Crippen molar-refractivity contribution in [1.82, 2.24) is 4.90 Å². The molecule has 1 fully saturated rings. The third-order valence-corrected chi connectivity index (χ3v) is 6.10. The predicted octanol–water partition coefficient (Wildman–Crippen LogP) is 3.83. The number of amides is 1. The molecule has 126 valence electrons. The zero-order valence-electron chi connectivity index (χ0n) is 14.1. The van der Waals surface area contributed by atoms with Gasteiger partial charge in [0.2, 0.25) is 0 Å². The number of hydrogen-bond acceptors (Lipinski definition) is 2. The standard InChI is InChI=1S/C20H23NO2S/c1-15(2)24(23)19-10-8-17(9-11-19)20(22)21-13-12-18(14-21)16-6-4-3-5-7-16/h3-11,15,18H,12-14H2,1-2H3/t18-,24+/m1/s1. The molecule has 0 spiro atoms. The molecule has 2 aromatic rings. The second kappa shape index (κ2) is 7.31. The fraction of sp³-hybridized carbons (Fsp3) is 0.350. The van der Waals surface area contributed by atoms with Crippen molar-refractivity contribution >= 4 is 16.7 Å². The molecule has 3 rings (SSSR count). The number of hydrogen-bond donors (Lipinski definition) is 0. The highest BCUT2D eigenvalue weighted by atomic mass is 32.2. The van der Waals surface area contributed by atoms with Gasteiger partial charge in [-0.05, 0) is 36.2 Å². The van der Waals surface area contributed by atoms with Gasteiger partial charge in [0.25, 0.3) is 5.91 Å². The van der Waals surface area contributed by atoms with E-state index in [0.717, 1.165) is 24.4 Å². The summed E-state index contributed by atoms with van der Waals surface area (Å²) in [5, 5.41) is 0.0803. The molecule has 24 heavy (non-hydrogen) atoms. The lowest BCUT2D eigenvalue weighted by atomic mass is 9.99. The van der Waals surface area contributed by atoms with E-state index in [-0.39, 0.29) is 11.2 Å². The molecule has 0 bridgehead atoms. The van der Waals surface area contributed by atoms with Crippen molar-refractivity contribution in [2.45, 2.75) is 36.3 Å². The van der Waals surface area contributed by atoms with Gasteiger partial charge in [0.1, 0.15) is 0 Å². The molecular weight excluding hydrogens is 318 g/mol. The monoisotopic (exact) mass is 341 g/mol. The minimum absolute atomic E-state index is 0.0651. The SMILES string of the molecule is CC(C)[S@](=O)c1ccc(C(=O)N2CC[C@@H](c3ccccc3)C2)cc1. The summed E-state index contributed by atoms with van der Waals surface area (Å²) < 4.78 is 12.1. The lowest BCUT2D eigenvalue weighted by Gasteiger charge is -2.17. The Balaban J connectivity index is 1.68. The van der Waals surface area contributed by atoms with Gasteiger partial charge in [-0.2, -0.15) is 0 Å². The van der Waals surface area contributed by atoms with Gasteiger partial charge in [0.15, 0.2) is 0 Å². The van der Waals surface area contributed by atoms with E-state index < -0.39 is 10.8 Å². The molecule has 2 aromatic carbocycles. The van der Waals surface area contributed by atoms with Crippen molar-refractivity contribution in [2.75, 3.05) is 13.1 Å². The number of nitrogens with zero attached hydrogens (tertiary/aromatic N) is 1. The molecule has 1 amide bonds. The third-order valence-electron chi connectivity index (χ3n) is 4.51. The van der Waals surface area contributed by atoms with Crippen LogP contribution in [-0.4, -0.2) is 33.4 Å². The molecule has 2 atom stereocenters. The van der Waals surface area contributed by atoms with E-state index in [4.69, 9.17) is 0 Å². The van der Waals surface area contributed by atoms with Crippen LogP contribution in [0, 0.1) is 0 Å². The quantitative estimate of drug-likeness (QED) is 0.847. The lowest BCUT2D eigenvalue weighted by molar-refractivity contribution is 0.0790. The van der Waals surface area contributed by atoms with E-state index in [1.54, 1.807) is 12.1 Å². The minimum atomic E-state index is -1.01. The molecule has 1 heterocycles. The van der Waals surface area contributed by atoms with Gasteiger partial charge in [-0.1, -0.05) is 44.2 Å². The Bertz CT molecular complexity index is 725. The topological polar surface area (TPSA) is 37.4 Å². The average Bonchev–Trinajstić information content (AvgIpc) is 3.11. The molecule has 1 aliphatic rings. The van der Waals surface area contributed by atoms with Crippen molar-refractivity contribution in [1.29, 1.82) is 0 Å². The van der Waals surface area contributed by atoms with E-state index in [0.29, 0.717) is 11.5 Å². The van der Waals surface area contributed by atoms with Crippen LogP contribution in [-0.2, 0) is 10.8 Å². The Morgan fingerprint density at radius 1 is 1.08 bits per heavy atom. The van der Waals surface area contributed by atoms with Crippen molar-refractivity contribution in [2.24, 2.45) is 0 Å². The second-order valence-electron chi connectivity index (χ2n) is 6.52. The number of rotatable bonds is 4. The molecule has 3 nitrogen and oxygen atoms in total. The molecule has 1 aliphatic heterocycles. The highest BCUT2D eigenvalue weighted by Crippen LogP contribution is 2.28. The second-order valence-corrected chi connectivity index (χ2v) is 8.53. The lowest BCUT2D eigenvalue weighted by Crippen LogP contribution is -2.28. The first-order chi connectivity index (χ1) is 11.6. The summed E-state index contributed by atoms with van der Waals surface area (Å²) in [6.07, 6.45) is 1.01. The maximum Gasteiger partial charge on any atom is 0.253 e. The number of carbonyl (C=O) groups excluding carboxylic acids is 1. The van der Waals surface area contributed by atoms with E-state index in [9.17, 15) is 9.00 Å². The number of benzene rings is 2. The zero-order valence-corrected chi connectivity index (χ0v) is 15.0. The number of carbonyl (C=O) groups is 1. The van der Waals surface area contributed by atoms with Crippen LogP contribution in [0.2, 0.25) is 0 Å². The van der Waals surface area contributed by atoms with E-state index >= 15 is 0 Å². The van der Waals surface area contributed by atoms with Crippen LogP contribution < -0.4 is 0 Å². The molecule has 1 saturated heterocycles. The first kappa shape index (κ1) is 16.9. The predicted molar refractivity (Wildman–Crippen MR) is 97.7 cm³/mol. The van der Waals surface area contributed by atoms with Gasteiger partial charge >= 0.3 is 0 Å². The summed E-state index contributed by atoms with van der Waals surface area (Å²) in [5.74, 6) is 0.484. The summed E-state index contributed by atoms with van der Waals surface area (Å²) in [6.45, 7) is 5.42. The fourth-order valence-corrected chi connectivity index (χ4v) is 4.08. The van der Waals surface area contributed by atoms with Crippen LogP contribution in [0.15, 0.2) is 59.5 Å². The van der Waals surface area contributed by atoms with Crippen molar-refractivity contribution in [3.05, 3.63) is 65.7 Å². The van der Waals surface area contributed by atoms with Crippen LogP contribution in [0.1, 0.15) is 42.1 Å². The summed E-state index contributed by atoms with van der Waals surface area (Å²) in [5.41, 5.74) is 1.98. The van der Waals surface area contributed by atoms with Gasteiger partial charge in [0, 0.05) is 34.7 Å². The molecule has 0 radical (unpaired) electrons. The third kappa shape index (κ3) is 3.59. The van der Waals surface area contributed by atoms with Crippen LogP contribution in [0.25, 0.3) is 0 Å². The first-order valence-electron chi connectivity index (χ1n) is 8.41. The molecular formula is C20H23NO2S. The molecule has 0 aromatic heterocycles. The molecule has 4 heteroatoms. The van der Waals surface area contributed by atoms with Crippen LogP contribution in [0.3, 0.4) is 0 Å². The smallest absolute Gasteiger partial charge is 0.253 e. The first-order valence-corrected chi connectivity index (χ1v) is 9.62. The summed E-state index contributed by atoms with van der Waals surface area (Å²) in [7, 11) is -1.01. The van der Waals surface area contributed by atoms with Gasteiger partial charge in [-0.15, -0.1) is 0 Å². The van der Waals surface area contributed by atoms with Crippen LogP contribution >= 0.6 is 0 Å². The highest BCUT2D eigenvalue weighted by Gasteiger charge is 2.27. The largest absolute Gasteiger partial charge is 0.338 e. The highest BCUT2D eigenvalue weighted by molar-refractivity contribution is 7.85. The Morgan fingerprint density at radius 3 is 2.38 bits per heavy atom. The Kier molecular flexibility index (Phi) is 5.14. The number of likely N-dealkylation sites (tertiary alicyclic amines) is 1. The van der Waals surface area contributed by atoms with E-state index in [1.807, 2.05) is 49.1 Å². The van der Waals surface area contributed by atoms with Gasteiger partial charge in [-0.25, -0.2) is 0 Å². The van der Waals surface area contributed by atoms with Gasteiger partial charge < -0.3 is 4.90 Å². The Morgan fingerprint density at radius 2 is 1.75 bits per heavy atom. The molecule has 0 saturated carbocycles. The molecule has 0 aliphatic carbocycles. The maximum absolute atomic E-state index is 12.7. The summed E-state index contributed by atoms with van der Waals surface area (Å²) >= 11 is 0. The van der Waals surface area contributed by atoms with Crippen molar-refractivity contribution in [3.8, 4) is 0 Å². The van der Waals surface area contributed by atoms with Crippen LogP contribution in [0.4, 0.5) is 0 Å². The fourth-order valence-electron chi connectivity index (χ4n) is 3.13. The van der Waals surface area contributed by atoms with Gasteiger partial charge in [-0.3, -0.25) is 9.00 Å². The zero-order chi connectivity index (χ0) is 17.1. The maximum atomic E-state index is 12.7. The summed E-state index contributed by atoms with van der Waals surface area (Å²) in [6, 6.07) is 17.6. The van der Waals surface area contributed by atoms with E-state index in [1.165, 1.54) is 5.56 Å². The minimum Gasteiger partial charge on any atom is -0.338 e. The van der Waals surface area contributed by atoms with Crippen molar-refractivity contribution < 1.29 is 9.00 Å². The Labute approximate surface area is 146 Å². The normalized spacial score (nSPS) is 18.8. The van der Waals surface area contributed by atoms with Gasteiger partial charge in [0.05, 0.1) is 10.8 Å². The van der Waals surface area contributed by atoms with Crippen LogP contribution in [0.5, 0.6) is 0 Å². The van der Waals surface area contributed by atoms with E-state index in [2.05, 4.69) is 12.1 Å². The molecule has 0 N–H and O–H groups in total. The molecule has 0 unspecified atom stereocenters. The Hall–Kier alpha value is -1.94.